The number of nitrogens with one attached hydrogen (secondary N) is 1. The molecule has 0 bridgehead atoms. The lowest BCUT2D eigenvalue weighted by Crippen LogP contribution is -2.40. The monoisotopic (exact) mass is 261 g/mol. The number of benzene rings is 1. The zero-order valence-corrected chi connectivity index (χ0v) is 12.7. The number of para-hydroxylation sites is 1. The van der Waals surface area contributed by atoms with Gasteiger partial charge in [0.05, 0.1) is 0 Å². The van der Waals surface area contributed by atoms with Gasteiger partial charge in [-0.15, -0.1) is 0 Å². The third-order valence-corrected chi connectivity index (χ3v) is 3.81. The molecule has 2 rings (SSSR count). The van der Waals surface area contributed by atoms with Crippen LogP contribution in [0.2, 0.25) is 0 Å². The molecule has 2 atom stereocenters. The standard InChI is InChI=1S/C17H27NO/c1-5-13(12-18-17(2,3)4)10-15-11-14-8-6-7-9-16(14)19-15/h6-9,13,15,18H,5,10-12H2,1-4H3. The van der Waals surface area contributed by atoms with E-state index in [2.05, 4.69) is 57.3 Å². The summed E-state index contributed by atoms with van der Waals surface area (Å²) in [6.07, 6.45) is 3.79. The van der Waals surface area contributed by atoms with E-state index in [1.165, 1.54) is 12.0 Å². The zero-order valence-electron chi connectivity index (χ0n) is 12.7. The highest BCUT2D eigenvalue weighted by molar-refractivity contribution is 5.37. The Morgan fingerprint density at radius 3 is 2.68 bits per heavy atom. The molecule has 0 fully saturated rings. The molecule has 0 saturated heterocycles. The highest BCUT2D eigenvalue weighted by Gasteiger charge is 2.25. The molecule has 0 spiro atoms. The van der Waals surface area contributed by atoms with E-state index in [1.54, 1.807) is 0 Å². The number of fused-ring (bicyclic) bond motifs is 1. The van der Waals surface area contributed by atoms with Crippen LogP contribution in [0.1, 0.15) is 46.1 Å². The van der Waals surface area contributed by atoms with Crippen LogP contribution in [0, 0.1) is 5.92 Å². The minimum atomic E-state index is 0.201. The van der Waals surface area contributed by atoms with E-state index in [1.807, 2.05) is 0 Å². The van der Waals surface area contributed by atoms with Gasteiger partial charge in [0, 0.05) is 12.0 Å². The van der Waals surface area contributed by atoms with E-state index in [0.717, 1.165) is 25.1 Å². The van der Waals surface area contributed by atoms with Crippen LogP contribution in [0.25, 0.3) is 0 Å². The van der Waals surface area contributed by atoms with Crippen molar-refractivity contribution in [2.75, 3.05) is 6.54 Å². The molecular weight excluding hydrogens is 234 g/mol. The van der Waals surface area contributed by atoms with Crippen molar-refractivity contribution in [2.24, 2.45) is 5.92 Å². The lowest BCUT2D eigenvalue weighted by atomic mass is 9.95. The SMILES string of the molecule is CCC(CNC(C)(C)C)CC1Cc2ccccc2O1. The molecule has 0 aromatic heterocycles. The topological polar surface area (TPSA) is 21.3 Å². The summed E-state index contributed by atoms with van der Waals surface area (Å²) in [6.45, 7) is 10.0. The summed E-state index contributed by atoms with van der Waals surface area (Å²) < 4.78 is 6.04. The maximum atomic E-state index is 6.04. The molecule has 2 nitrogen and oxygen atoms in total. The van der Waals surface area contributed by atoms with Gasteiger partial charge in [-0.05, 0) is 51.3 Å². The first-order valence-electron chi connectivity index (χ1n) is 7.47. The van der Waals surface area contributed by atoms with Crippen LogP contribution in [0.15, 0.2) is 24.3 Å². The van der Waals surface area contributed by atoms with Gasteiger partial charge in [-0.2, -0.15) is 0 Å². The van der Waals surface area contributed by atoms with Gasteiger partial charge < -0.3 is 10.1 Å². The zero-order chi connectivity index (χ0) is 13.9. The summed E-state index contributed by atoms with van der Waals surface area (Å²) in [6, 6.07) is 8.43. The smallest absolute Gasteiger partial charge is 0.123 e. The van der Waals surface area contributed by atoms with Gasteiger partial charge in [-0.3, -0.25) is 0 Å². The van der Waals surface area contributed by atoms with Crippen LogP contribution in [0.5, 0.6) is 5.75 Å². The first-order chi connectivity index (χ1) is 8.98. The summed E-state index contributed by atoms with van der Waals surface area (Å²) in [5.74, 6) is 1.78. The fraction of sp³-hybridized carbons (Fsp3) is 0.647. The molecule has 1 aliphatic heterocycles. The summed E-state index contributed by atoms with van der Waals surface area (Å²) in [4.78, 5) is 0. The molecule has 2 heteroatoms. The Bertz CT molecular complexity index is 383. The molecule has 1 aromatic carbocycles. The first-order valence-corrected chi connectivity index (χ1v) is 7.47. The van der Waals surface area contributed by atoms with Crippen molar-refractivity contribution in [1.82, 2.24) is 5.32 Å². The average Bonchev–Trinajstić information content (AvgIpc) is 2.75. The van der Waals surface area contributed by atoms with Crippen molar-refractivity contribution in [2.45, 2.75) is 58.6 Å². The molecule has 0 radical (unpaired) electrons. The summed E-state index contributed by atoms with van der Waals surface area (Å²) >= 11 is 0. The molecule has 106 valence electrons. The Labute approximate surface area is 117 Å². The Hall–Kier alpha value is -1.02. The Balaban J connectivity index is 1.84. The largest absolute Gasteiger partial charge is 0.490 e. The van der Waals surface area contributed by atoms with Gasteiger partial charge in [0.2, 0.25) is 0 Å². The van der Waals surface area contributed by atoms with Crippen molar-refractivity contribution in [3.05, 3.63) is 29.8 Å². The average molecular weight is 261 g/mol. The van der Waals surface area contributed by atoms with Crippen molar-refractivity contribution < 1.29 is 4.74 Å². The molecular formula is C17H27NO. The van der Waals surface area contributed by atoms with E-state index in [4.69, 9.17) is 4.74 Å². The molecule has 0 aliphatic carbocycles. The fourth-order valence-electron chi connectivity index (χ4n) is 2.60. The predicted molar refractivity (Wildman–Crippen MR) is 80.7 cm³/mol. The van der Waals surface area contributed by atoms with Gasteiger partial charge in [0.25, 0.3) is 0 Å². The second-order valence-corrected chi connectivity index (χ2v) is 6.69. The lowest BCUT2D eigenvalue weighted by Gasteiger charge is -2.26. The van der Waals surface area contributed by atoms with Gasteiger partial charge in [0.1, 0.15) is 11.9 Å². The van der Waals surface area contributed by atoms with Crippen LogP contribution in [-0.2, 0) is 6.42 Å². The maximum Gasteiger partial charge on any atom is 0.123 e. The minimum absolute atomic E-state index is 0.201. The lowest BCUT2D eigenvalue weighted by molar-refractivity contribution is 0.186. The maximum absolute atomic E-state index is 6.04. The van der Waals surface area contributed by atoms with Crippen LogP contribution < -0.4 is 10.1 Å². The number of hydrogen-bond acceptors (Lipinski definition) is 2. The third kappa shape index (κ3) is 4.24. The van der Waals surface area contributed by atoms with E-state index < -0.39 is 0 Å². The fourth-order valence-corrected chi connectivity index (χ4v) is 2.60. The summed E-state index contributed by atoms with van der Waals surface area (Å²) in [7, 11) is 0. The van der Waals surface area contributed by atoms with Crippen LogP contribution in [0.4, 0.5) is 0 Å². The quantitative estimate of drug-likeness (QED) is 0.870. The second-order valence-electron chi connectivity index (χ2n) is 6.69. The summed E-state index contributed by atoms with van der Waals surface area (Å²) in [5, 5.41) is 3.61. The first kappa shape index (κ1) is 14.4. The minimum Gasteiger partial charge on any atom is -0.490 e. The number of ether oxygens (including phenoxy) is 1. The highest BCUT2D eigenvalue weighted by atomic mass is 16.5. The molecule has 1 heterocycles. The van der Waals surface area contributed by atoms with E-state index in [-0.39, 0.29) is 5.54 Å². The van der Waals surface area contributed by atoms with Crippen molar-refractivity contribution in [3.63, 3.8) is 0 Å². The van der Waals surface area contributed by atoms with Crippen molar-refractivity contribution >= 4 is 0 Å². The van der Waals surface area contributed by atoms with Crippen LogP contribution >= 0.6 is 0 Å². The van der Waals surface area contributed by atoms with E-state index in [0.29, 0.717) is 12.0 Å². The molecule has 19 heavy (non-hydrogen) atoms. The van der Waals surface area contributed by atoms with E-state index in [9.17, 15) is 0 Å². The highest BCUT2D eigenvalue weighted by Crippen LogP contribution is 2.31. The number of hydrogen-bond donors (Lipinski definition) is 1. The molecule has 1 aromatic rings. The van der Waals surface area contributed by atoms with Crippen LogP contribution in [0.3, 0.4) is 0 Å². The Kier molecular flexibility index (Phi) is 4.51. The summed E-state index contributed by atoms with van der Waals surface area (Å²) in [5.41, 5.74) is 1.57. The van der Waals surface area contributed by atoms with Crippen molar-refractivity contribution in [1.29, 1.82) is 0 Å². The third-order valence-electron chi connectivity index (χ3n) is 3.81. The van der Waals surface area contributed by atoms with Gasteiger partial charge >= 0.3 is 0 Å². The van der Waals surface area contributed by atoms with Gasteiger partial charge in [0.15, 0.2) is 0 Å². The normalized spacial score (nSPS) is 19.9. The van der Waals surface area contributed by atoms with E-state index >= 15 is 0 Å². The molecule has 1 N–H and O–H groups in total. The second kappa shape index (κ2) is 5.96. The van der Waals surface area contributed by atoms with Crippen LogP contribution in [-0.4, -0.2) is 18.2 Å². The number of rotatable bonds is 5. The predicted octanol–water partition coefficient (Wildman–Crippen LogP) is 3.79. The van der Waals surface area contributed by atoms with Gasteiger partial charge in [-0.1, -0.05) is 31.5 Å². The van der Waals surface area contributed by atoms with Crippen molar-refractivity contribution in [3.8, 4) is 5.75 Å². The molecule has 0 amide bonds. The molecule has 1 aliphatic rings. The Morgan fingerprint density at radius 1 is 1.32 bits per heavy atom. The molecule has 2 unspecified atom stereocenters. The van der Waals surface area contributed by atoms with Gasteiger partial charge in [-0.25, -0.2) is 0 Å². The Morgan fingerprint density at radius 2 is 2.05 bits per heavy atom. The molecule has 0 saturated carbocycles.